The molecule has 154 valence electrons. The second-order valence-corrected chi connectivity index (χ2v) is 7.06. The van der Waals surface area contributed by atoms with E-state index in [2.05, 4.69) is 0 Å². The molecule has 0 saturated carbocycles. The minimum Gasteiger partial charge on any atom is -0.488 e. The van der Waals surface area contributed by atoms with Crippen LogP contribution in [0, 0.1) is 0 Å². The topological polar surface area (TPSA) is 52.6 Å². The van der Waals surface area contributed by atoms with Gasteiger partial charge in [0.2, 0.25) is 0 Å². The standard InChI is InChI=1S/C27H22O4/c1-2-30-27(29)22-14-12-19(13-15-22)18-31-24-17-16-20-8-6-7-11-23(20)25(24)26(28)21-9-4-3-5-10-21/h3-17H,2,18H2,1H3. The predicted octanol–water partition coefficient (Wildman–Crippen LogP) is 5.83. The number of benzene rings is 4. The quantitative estimate of drug-likeness (QED) is 0.284. The molecule has 0 aliphatic heterocycles. The van der Waals surface area contributed by atoms with E-state index in [1.54, 1.807) is 19.1 Å². The number of rotatable bonds is 7. The maximum atomic E-state index is 13.3. The second kappa shape index (κ2) is 9.26. The molecule has 0 heterocycles. The third-order valence-electron chi connectivity index (χ3n) is 5.01. The molecule has 0 unspecified atom stereocenters. The number of carbonyl (C=O) groups is 2. The van der Waals surface area contributed by atoms with Gasteiger partial charge in [0.05, 0.1) is 17.7 Å². The first-order valence-corrected chi connectivity index (χ1v) is 10.2. The largest absolute Gasteiger partial charge is 0.488 e. The summed E-state index contributed by atoms with van der Waals surface area (Å²) in [6.07, 6.45) is 0. The van der Waals surface area contributed by atoms with Crippen molar-refractivity contribution in [3.63, 3.8) is 0 Å². The first kappa shape index (κ1) is 20.4. The van der Waals surface area contributed by atoms with E-state index < -0.39 is 0 Å². The second-order valence-electron chi connectivity index (χ2n) is 7.06. The first-order chi connectivity index (χ1) is 15.2. The molecule has 0 fully saturated rings. The van der Waals surface area contributed by atoms with Gasteiger partial charge in [0, 0.05) is 5.56 Å². The Hall–Kier alpha value is -3.92. The Balaban J connectivity index is 1.63. The Labute approximate surface area is 181 Å². The molecule has 4 aromatic rings. The number of ketones is 1. The van der Waals surface area contributed by atoms with Crippen molar-refractivity contribution in [1.82, 2.24) is 0 Å². The van der Waals surface area contributed by atoms with E-state index in [4.69, 9.17) is 9.47 Å². The number of fused-ring (bicyclic) bond motifs is 1. The molecule has 0 spiro atoms. The fraction of sp³-hybridized carbons (Fsp3) is 0.111. The van der Waals surface area contributed by atoms with Crippen LogP contribution in [0.1, 0.15) is 38.8 Å². The summed E-state index contributed by atoms with van der Waals surface area (Å²) in [7, 11) is 0. The van der Waals surface area contributed by atoms with Crippen molar-refractivity contribution in [2.45, 2.75) is 13.5 Å². The monoisotopic (exact) mass is 410 g/mol. The smallest absolute Gasteiger partial charge is 0.338 e. The summed E-state index contributed by atoms with van der Waals surface area (Å²) in [4.78, 5) is 25.2. The fourth-order valence-electron chi connectivity index (χ4n) is 3.45. The van der Waals surface area contributed by atoms with E-state index in [1.165, 1.54) is 0 Å². The predicted molar refractivity (Wildman–Crippen MR) is 121 cm³/mol. The van der Waals surface area contributed by atoms with Crippen molar-refractivity contribution < 1.29 is 19.1 Å². The van der Waals surface area contributed by atoms with Gasteiger partial charge in [-0.1, -0.05) is 72.8 Å². The molecule has 0 atom stereocenters. The summed E-state index contributed by atoms with van der Waals surface area (Å²) in [5, 5.41) is 1.83. The maximum Gasteiger partial charge on any atom is 0.338 e. The van der Waals surface area contributed by atoms with Crippen LogP contribution in [-0.4, -0.2) is 18.4 Å². The summed E-state index contributed by atoms with van der Waals surface area (Å²) in [6, 6.07) is 27.9. The minimum absolute atomic E-state index is 0.0786. The molecule has 4 rings (SSSR count). The van der Waals surface area contributed by atoms with E-state index in [9.17, 15) is 9.59 Å². The highest BCUT2D eigenvalue weighted by atomic mass is 16.5. The van der Waals surface area contributed by atoms with Crippen LogP contribution in [0.4, 0.5) is 0 Å². The van der Waals surface area contributed by atoms with Crippen molar-refractivity contribution in [2.24, 2.45) is 0 Å². The van der Waals surface area contributed by atoms with Crippen LogP contribution >= 0.6 is 0 Å². The lowest BCUT2D eigenvalue weighted by Gasteiger charge is -2.14. The Morgan fingerprint density at radius 2 is 1.45 bits per heavy atom. The Bertz CT molecular complexity index is 1210. The van der Waals surface area contributed by atoms with Gasteiger partial charge < -0.3 is 9.47 Å². The Morgan fingerprint density at radius 1 is 0.742 bits per heavy atom. The zero-order chi connectivity index (χ0) is 21.6. The average Bonchev–Trinajstić information content (AvgIpc) is 2.83. The van der Waals surface area contributed by atoms with Gasteiger partial charge in [-0.15, -0.1) is 0 Å². The molecular weight excluding hydrogens is 388 g/mol. The third kappa shape index (κ3) is 4.48. The molecule has 4 aromatic carbocycles. The normalized spacial score (nSPS) is 10.6. The average molecular weight is 410 g/mol. The van der Waals surface area contributed by atoms with Gasteiger partial charge in [0.15, 0.2) is 5.78 Å². The summed E-state index contributed by atoms with van der Waals surface area (Å²) >= 11 is 0. The molecule has 4 nitrogen and oxygen atoms in total. The van der Waals surface area contributed by atoms with Gasteiger partial charge in [0.25, 0.3) is 0 Å². The molecule has 0 radical (unpaired) electrons. The summed E-state index contributed by atoms with van der Waals surface area (Å²) in [5.74, 6) is 0.104. The van der Waals surface area contributed by atoms with Crippen molar-refractivity contribution in [3.05, 3.63) is 113 Å². The van der Waals surface area contributed by atoms with E-state index in [0.29, 0.717) is 29.0 Å². The fourth-order valence-corrected chi connectivity index (χ4v) is 3.45. The number of carbonyl (C=O) groups excluding carboxylic acids is 2. The van der Waals surface area contributed by atoms with Crippen molar-refractivity contribution in [2.75, 3.05) is 6.61 Å². The molecule has 0 amide bonds. The molecular formula is C27H22O4. The van der Waals surface area contributed by atoms with Crippen LogP contribution in [0.3, 0.4) is 0 Å². The van der Waals surface area contributed by atoms with E-state index in [1.807, 2.05) is 78.9 Å². The summed E-state index contributed by atoms with van der Waals surface area (Å²) in [5.41, 5.74) is 2.55. The van der Waals surface area contributed by atoms with Crippen LogP contribution in [-0.2, 0) is 11.3 Å². The lowest BCUT2D eigenvalue weighted by molar-refractivity contribution is 0.0526. The van der Waals surface area contributed by atoms with Crippen LogP contribution in [0.15, 0.2) is 91.0 Å². The van der Waals surface area contributed by atoms with Gasteiger partial charge in [-0.2, -0.15) is 0 Å². The van der Waals surface area contributed by atoms with E-state index >= 15 is 0 Å². The highest BCUT2D eigenvalue weighted by Crippen LogP contribution is 2.31. The molecule has 0 aliphatic carbocycles. The summed E-state index contributed by atoms with van der Waals surface area (Å²) < 4.78 is 11.1. The third-order valence-corrected chi connectivity index (χ3v) is 5.01. The number of hydrogen-bond donors (Lipinski definition) is 0. The Kier molecular flexibility index (Phi) is 6.08. The maximum absolute atomic E-state index is 13.3. The zero-order valence-electron chi connectivity index (χ0n) is 17.2. The van der Waals surface area contributed by atoms with E-state index in [0.717, 1.165) is 16.3 Å². The van der Waals surface area contributed by atoms with Crippen molar-refractivity contribution in [3.8, 4) is 5.75 Å². The highest BCUT2D eigenvalue weighted by molar-refractivity contribution is 6.18. The van der Waals surface area contributed by atoms with Gasteiger partial charge in [-0.05, 0) is 41.5 Å². The van der Waals surface area contributed by atoms with Crippen molar-refractivity contribution >= 4 is 22.5 Å². The molecule has 0 aliphatic rings. The molecule has 4 heteroatoms. The van der Waals surface area contributed by atoms with Gasteiger partial charge >= 0.3 is 5.97 Å². The molecule has 0 bridgehead atoms. The zero-order valence-corrected chi connectivity index (χ0v) is 17.2. The lowest BCUT2D eigenvalue weighted by Crippen LogP contribution is -2.07. The van der Waals surface area contributed by atoms with Crippen LogP contribution in [0.2, 0.25) is 0 Å². The lowest BCUT2D eigenvalue weighted by atomic mass is 9.96. The number of hydrogen-bond acceptors (Lipinski definition) is 4. The van der Waals surface area contributed by atoms with E-state index in [-0.39, 0.29) is 18.4 Å². The SMILES string of the molecule is CCOC(=O)c1ccc(COc2ccc3ccccc3c2C(=O)c2ccccc2)cc1. The van der Waals surface area contributed by atoms with Crippen LogP contribution < -0.4 is 4.74 Å². The number of ether oxygens (including phenoxy) is 2. The summed E-state index contributed by atoms with van der Waals surface area (Å²) in [6.45, 7) is 2.39. The van der Waals surface area contributed by atoms with Crippen LogP contribution in [0.25, 0.3) is 10.8 Å². The molecule has 0 saturated heterocycles. The van der Waals surface area contributed by atoms with Crippen LogP contribution in [0.5, 0.6) is 5.75 Å². The molecule has 31 heavy (non-hydrogen) atoms. The van der Waals surface area contributed by atoms with Gasteiger partial charge in [0.1, 0.15) is 12.4 Å². The van der Waals surface area contributed by atoms with Gasteiger partial charge in [-0.3, -0.25) is 4.79 Å². The minimum atomic E-state index is -0.347. The van der Waals surface area contributed by atoms with Crippen molar-refractivity contribution in [1.29, 1.82) is 0 Å². The highest BCUT2D eigenvalue weighted by Gasteiger charge is 2.18. The molecule has 0 N–H and O–H groups in total. The molecule has 0 aromatic heterocycles. The first-order valence-electron chi connectivity index (χ1n) is 10.2. The van der Waals surface area contributed by atoms with Gasteiger partial charge in [-0.25, -0.2) is 4.79 Å². The Morgan fingerprint density at radius 3 is 2.19 bits per heavy atom. The number of esters is 1.